The first-order chi connectivity index (χ1) is 10.7. The Hall–Kier alpha value is -2.29. The Morgan fingerprint density at radius 2 is 2.14 bits per heavy atom. The smallest absolute Gasteiger partial charge is 0.220 e. The molecule has 5 heteroatoms. The number of carbonyl (C=O) groups is 1. The standard InChI is InChI=1S/C17H20N4O/c1-2-3-8-17(20-21-17)9-6-16(22)19-12-13-4-5-15-14(11-13)7-10-18-15/h1,4-5,7,10-11,18,20-21H,3,6,8-9,12H2,(H,19,22). The van der Waals surface area contributed by atoms with Crippen LogP contribution >= 0.6 is 0 Å². The van der Waals surface area contributed by atoms with E-state index < -0.39 is 0 Å². The molecular weight excluding hydrogens is 276 g/mol. The van der Waals surface area contributed by atoms with Crippen LogP contribution in [0.3, 0.4) is 0 Å². The van der Waals surface area contributed by atoms with Crippen LogP contribution in [0.1, 0.15) is 31.2 Å². The summed E-state index contributed by atoms with van der Waals surface area (Å²) in [7, 11) is 0. The average Bonchev–Trinajstić information content (AvgIpc) is 3.16. The summed E-state index contributed by atoms with van der Waals surface area (Å²) in [4.78, 5) is 15.1. The minimum atomic E-state index is -0.131. The Morgan fingerprint density at radius 3 is 2.91 bits per heavy atom. The van der Waals surface area contributed by atoms with Gasteiger partial charge in [-0.15, -0.1) is 12.3 Å². The minimum absolute atomic E-state index is 0.0600. The third-order valence-electron chi connectivity index (χ3n) is 4.06. The van der Waals surface area contributed by atoms with E-state index in [-0.39, 0.29) is 11.6 Å². The third-order valence-corrected chi connectivity index (χ3v) is 4.06. The first-order valence-electron chi connectivity index (χ1n) is 7.51. The van der Waals surface area contributed by atoms with Gasteiger partial charge in [0.25, 0.3) is 0 Å². The van der Waals surface area contributed by atoms with Crippen LogP contribution in [0.2, 0.25) is 0 Å². The van der Waals surface area contributed by atoms with Crippen LogP contribution in [-0.4, -0.2) is 16.6 Å². The molecule has 1 amide bonds. The molecule has 2 aromatic rings. The number of aromatic nitrogens is 1. The summed E-state index contributed by atoms with van der Waals surface area (Å²) in [6, 6.07) is 8.17. The molecule has 2 heterocycles. The minimum Gasteiger partial charge on any atom is -0.361 e. The van der Waals surface area contributed by atoms with Gasteiger partial charge in [-0.1, -0.05) is 6.07 Å². The van der Waals surface area contributed by atoms with Gasteiger partial charge < -0.3 is 10.3 Å². The van der Waals surface area contributed by atoms with Gasteiger partial charge in [-0.25, -0.2) is 10.9 Å². The highest BCUT2D eigenvalue weighted by Gasteiger charge is 2.40. The van der Waals surface area contributed by atoms with Crippen molar-refractivity contribution in [3.63, 3.8) is 0 Å². The lowest BCUT2D eigenvalue weighted by Gasteiger charge is -2.10. The predicted octanol–water partition coefficient (Wildman–Crippen LogP) is 1.78. The molecule has 5 nitrogen and oxygen atoms in total. The molecule has 114 valence electrons. The third kappa shape index (κ3) is 3.48. The quantitative estimate of drug-likeness (QED) is 0.464. The van der Waals surface area contributed by atoms with Crippen LogP contribution in [0.25, 0.3) is 10.9 Å². The van der Waals surface area contributed by atoms with Gasteiger partial charge >= 0.3 is 0 Å². The van der Waals surface area contributed by atoms with Crippen molar-refractivity contribution in [3.05, 3.63) is 36.0 Å². The lowest BCUT2D eigenvalue weighted by Crippen LogP contribution is -2.26. The predicted molar refractivity (Wildman–Crippen MR) is 86.4 cm³/mol. The number of fused-ring (bicyclic) bond motifs is 1. The zero-order valence-electron chi connectivity index (χ0n) is 12.4. The number of rotatable bonds is 7. The van der Waals surface area contributed by atoms with Gasteiger partial charge in [0.2, 0.25) is 5.91 Å². The maximum Gasteiger partial charge on any atom is 0.220 e. The van der Waals surface area contributed by atoms with Crippen molar-refractivity contribution in [1.29, 1.82) is 0 Å². The normalized spacial score (nSPS) is 15.4. The Morgan fingerprint density at radius 1 is 1.27 bits per heavy atom. The summed E-state index contributed by atoms with van der Waals surface area (Å²) in [5.74, 6) is 2.69. The number of hydrogen-bond acceptors (Lipinski definition) is 3. The molecule has 0 saturated carbocycles. The van der Waals surface area contributed by atoms with E-state index in [2.05, 4.69) is 33.1 Å². The van der Waals surface area contributed by atoms with Crippen LogP contribution in [0.5, 0.6) is 0 Å². The second kappa shape index (κ2) is 6.22. The summed E-state index contributed by atoms with van der Waals surface area (Å²) >= 11 is 0. The zero-order valence-corrected chi connectivity index (χ0v) is 12.4. The van der Waals surface area contributed by atoms with Gasteiger partial charge in [-0.3, -0.25) is 4.79 Å². The number of benzene rings is 1. The van der Waals surface area contributed by atoms with E-state index in [0.29, 0.717) is 19.4 Å². The van der Waals surface area contributed by atoms with Crippen molar-refractivity contribution in [2.45, 2.75) is 37.9 Å². The molecule has 1 aliphatic heterocycles. The van der Waals surface area contributed by atoms with Crippen LogP contribution < -0.4 is 16.2 Å². The first-order valence-corrected chi connectivity index (χ1v) is 7.51. The number of amides is 1. The van der Waals surface area contributed by atoms with E-state index in [4.69, 9.17) is 6.42 Å². The fraction of sp³-hybridized carbons (Fsp3) is 0.353. The van der Waals surface area contributed by atoms with Crippen LogP contribution in [0.4, 0.5) is 0 Å². The second-order valence-corrected chi connectivity index (χ2v) is 5.71. The Balaban J connectivity index is 1.45. The number of carbonyl (C=O) groups excluding carboxylic acids is 1. The summed E-state index contributed by atoms with van der Waals surface area (Å²) in [6.07, 6.45) is 9.98. The number of nitrogens with one attached hydrogen (secondary N) is 4. The fourth-order valence-electron chi connectivity index (χ4n) is 2.58. The Bertz CT molecular complexity index is 709. The van der Waals surface area contributed by atoms with Crippen molar-refractivity contribution < 1.29 is 4.79 Å². The molecular formula is C17H20N4O. The number of aromatic amines is 1. The maximum atomic E-state index is 12.0. The highest BCUT2D eigenvalue weighted by atomic mass is 16.1. The molecule has 4 N–H and O–H groups in total. The maximum absolute atomic E-state index is 12.0. The van der Waals surface area contributed by atoms with E-state index in [1.54, 1.807) is 0 Å². The van der Waals surface area contributed by atoms with Crippen LogP contribution in [-0.2, 0) is 11.3 Å². The summed E-state index contributed by atoms with van der Waals surface area (Å²) < 4.78 is 0. The number of terminal acetylenes is 1. The molecule has 0 radical (unpaired) electrons. The van der Waals surface area contributed by atoms with E-state index in [1.807, 2.05) is 24.4 Å². The molecule has 1 aliphatic rings. The van der Waals surface area contributed by atoms with Crippen molar-refractivity contribution in [3.8, 4) is 12.3 Å². The van der Waals surface area contributed by atoms with Gasteiger partial charge in [-0.05, 0) is 42.0 Å². The molecule has 0 bridgehead atoms. The van der Waals surface area contributed by atoms with E-state index >= 15 is 0 Å². The zero-order chi connectivity index (χ0) is 15.4. The molecule has 0 spiro atoms. The molecule has 1 fully saturated rings. The van der Waals surface area contributed by atoms with Gasteiger partial charge in [0.1, 0.15) is 0 Å². The van der Waals surface area contributed by atoms with Gasteiger partial charge in [0, 0.05) is 31.1 Å². The molecule has 1 aromatic carbocycles. The summed E-state index contributed by atoms with van der Waals surface area (Å²) in [5, 5.41) is 4.13. The molecule has 3 rings (SSSR count). The van der Waals surface area contributed by atoms with E-state index in [1.165, 1.54) is 0 Å². The fourth-order valence-corrected chi connectivity index (χ4v) is 2.58. The lowest BCUT2D eigenvalue weighted by atomic mass is 10.0. The van der Waals surface area contributed by atoms with Crippen LogP contribution in [0.15, 0.2) is 30.5 Å². The monoisotopic (exact) mass is 296 g/mol. The SMILES string of the molecule is C#CCCC1(CCC(=O)NCc2ccc3[nH]ccc3c2)NN1. The van der Waals surface area contributed by atoms with Gasteiger partial charge in [-0.2, -0.15) is 0 Å². The van der Waals surface area contributed by atoms with Crippen molar-refractivity contribution in [2.24, 2.45) is 0 Å². The van der Waals surface area contributed by atoms with Crippen molar-refractivity contribution in [1.82, 2.24) is 21.2 Å². The number of H-pyrrole nitrogens is 1. The van der Waals surface area contributed by atoms with Crippen molar-refractivity contribution >= 4 is 16.8 Å². The average molecular weight is 296 g/mol. The molecule has 0 atom stereocenters. The summed E-state index contributed by atoms with van der Waals surface area (Å²) in [5.41, 5.74) is 8.28. The summed E-state index contributed by atoms with van der Waals surface area (Å²) in [6.45, 7) is 0.554. The first kappa shape index (κ1) is 14.6. The second-order valence-electron chi connectivity index (χ2n) is 5.71. The van der Waals surface area contributed by atoms with Gasteiger partial charge in [0.05, 0.1) is 5.66 Å². The molecule has 1 saturated heterocycles. The molecule has 0 unspecified atom stereocenters. The molecule has 1 aromatic heterocycles. The lowest BCUT2D eigenvalue weighted by molar-refractivity contribution is -0.121. The van der Waals surface area contributed by atoms with Crippen molar-refractivity contribution in [2.75, 3.05) is 0 Å². The Labute approximate surface area is 129 Å². The van der Waals surface area contributed by atoms with E-state index in [0.717, 1.165) is 29.3 Å². The highest BCUT2D eigenvalue weighted by Crippen LogP contribution is 2.23. The van der Waals surface area contributed by atoms with Gasteiger partial charge in [0.15, 0.2) is 0 Å². The largest absolute Gasteiger partial charge is 0.361 e. The number of hydrazine groups is 1. The molecule has 0 aliphatic carbocycles. The van der Waals surface area contributed by atoms with E-state index in [9.17, 15) is 4.79 Å². The Kier molecular flexibility index (Phi) is 4.14. The highest BCUT2D eigenvalue weighted by molar-refractivity contribution is 5.80. The topological polar surface area (TPSA) is 88.8 Å². The molecule has 22 heavy (non-hydrogen) atoms. The number of hydrogen-bond donors (Lipinski definition) is 4. The van der Waals surface area contributed by atoms with Crippen LogP contribution in [0, 0.1) is 12.3 Å².